The number of carbonyl (C=O) groups is 2. The molecule has 2 heterocycles. The van der Waals surface area contributed by atoms with Crippen molar-refractivity contribution in [2.45, 2.75) is 19.1 Å². The molecule has 0 aliphatic carbocycles. The molecule has 0 radical (unpaired) electrons. The number of benzene rings is 3. The molecule has 0 saturated heterocycles. The van der Waals surface area contributed by atoms with Crippen molar-refractivity contribution in [1.82, 2.24) is 15.1 Å². The quantitative estimate of drug-likeness (QED) is 0.273. The highest BCUT2D eigenvalue weighted by molar-refractivity contribution is 8.00. The predicted molar refractivity (Wildman–Crippen MR) is 162 cm³/mol. The minimum Gasteiger partial charge on any atom is -0.497 e. The summed E-state index contributed by atoms with van der Waals surface area (Å²) in [6.07, 6.45) is 0. The van der Waals surface area contributed by atoms with Crippen LogP contribution in [0.1, 0.15) is 30.2 Å². The van der Waals surface area contributed by atoms with Crippen molar-refractivity contribution in [3.8, 4) is 22.7 Å². The van der Waals surface area contributed by atoms with E-state index in [1.165, 1.54) is 11.8 Å². The lowest BCUT2D eigenvalue weighted by atomic mass is 9.99. The number of aromatic nitrogens is 2. The molecule has 5 rings (SSSR count). The number of fused-ring (bicyclic) bond motifs is 1. The summed E-state index contributed by atoms with van der Waals surface area (Å²) in [5.74, 6) is 1.33. The highest BCUT2D eigenvalue weighted by Crippen LogP contribution is 2.49. The van der Waals surface area contributed by atoms with Crippen LogP contribution in [0.25, 0.3) is 16.9 Å². The highest BCUT2D eigenvalue weighted by atomic mass is 35.5. The lowest BCUT2D eigenvalue weighted by Crippen LogP contribution is -2.43. The first-order valence-corrected chi connectivity index (χ1v) is 14.6. The van der Waals surface area contributed by atoms with Gasteiger partial charge in [0, 0.05) is 22.7 Å². The third-order valence-electron chi connectivity index (χ3n) is 6.65. The van der Waals surface area contributed by atoms with Crippen LogP contribution in [-0.2, 0) is 9.59 Å². The number of ether oxygens (including phenoxy) is 1. The van der Waals surface area contributed by atoms with Gasteiger partial charge in [0.2, 0.25) is 11.8 Å². The van der Waals surface area contributed by atoms with Crippen LogP contribution < -0.4 is 15.0 Å². The zero-order chi connectivity index (χ0) is 28.2. The van der Waals surface area contributed by atoms with Gasteiger partial charge >= 0.3 is 0 Å². The molecule has 2 amide bonds. The van der Waals surface area contributed by atoms with Crippen molar-refractivity contribution in [3.05, 3.63) is 95.0 Å². The van der Waals surface area contributed by atoms with E-state index in [4.69, 9.17) is 21.4 Å². The first-order valence-electron chi connectivity index (χ1n) is 13.1. The van der Waals surface area contributed by atoms with Gasteiger partial charge < -0.3 is 10.1 Å². The zero-order valence-electron chi connectivity index (χ0n) is 22.6. The Balaban J connectivity index is 1.77. The second kappa shape index (κ2) is 12.2. The Morgan fingerprint density at radius 3 is 2.45 bits per heavy atom. The number of rotatable bonds is 8. The van der Waals surface area contributed by atoms with Crippen molar-refractivity contribution < 1.29 is 14.3 Å². The summed E-state index contributed by atoms with van der Waals surface area (Å²) in [7, 11) is 1.62. The van der Waals surface area contributed by atoms with Crippen molar-refractivity contribution >= 4 is 41.0 Å². The van der Waals surface area contributed by atoms with Gasteiger partial charge in [0.25, 0.3) is 0 Å². The first kappa shape index (κ1) is 27.8. The molecule has 1 aliphatic rings. The number of thioether (sulfide) groups is 1. The molecule has 1 aliphatic heterocycles. The average molecular weight is 575 g/mol. The summed E-state index contributed by atoms with van der Waals surface area (Å²) in [5, 5.41) is 8.37. The molecule has 0 spiro atoms. The van der Waals surface area contributed by atoms with Crippen molar-refractivity contribution in [2.24, 2.45) is 5.92 Å². The summed E-state index contributed by atoms with van der Waals surface area (Å²) in [6, 6.07) is 25.1. The molecule has 3 aromatic carbocycles. The van der Waals surface area contributed by atoms with Gasteiger partial charge in [-0.05, 0) is 41.8 Å². The fourth-order valence-electron chi connectivity index (χ4n) is 4.68. The van der Waals surface area contributed by atoms with Crippen molar-refractivity contribution in [1.29, 1.82) is 0 Å². The molecule has 1 atom stereocenters. The molecular weight excluding hydrogens is 544 g/mol. The van der Waals surface area contributed by atoms with Crippen LogP contribution in [0.3, 0.4) is 0 Å². The van der Waals surface area contributed by atoms with Gasteiger partial charge in [-0.3, -0.25) is 14.5 Å². The van der Waals surface area contributed by atoms with Crippen LogP contribution in [0.5, 0.6) is 5.75 Å². The average Bonchev–Trinajstić information content (AvgIpc) is 3.30. The number of nitrogens with zero attached hydrogens (tertiary/aromatic N) is 3. The minimum atomic E-state index is -0.293. The maximum absolute atomic E-state index is 13.8. The number of hydrogen-bond donors (Lipinski definition) is 1. The topological polar surface area (TPSA) is 76.5 Å². The van der Waals surface area contributed by atoms with Gasteiger partial charge in [0.15, 0.2) is 0 Å². The lowest BCUT2D eigenvalue weighted by molar-refractivity contribution is -0.123. The number of anilines is 1. The van der Waals surface area contributed by atoms with E-state index in [2.05, 4.69) is 5.32 Å². The SMILES string of the molecule is COc1ccc(-n2nc(-c3ccccc3)c3c2N(CC(=O)NCC(C)C)C(=O)CS[C@H]3c2ccccc2Cl)cc1. The van der Waals surface area contributed by atoms with Gasteiger partial charge in [-0.1, -0.05) is 74.0 Å². The Morgan fingerprint density at radius 1 is 1.07 bits per heavy atom. The van der Waals surface area contributed by atoms with E-state index in [-0.39, 0.29) is 35.3 Å². The molecule has 9 heteroatoms. The Morgan fingerprint density at radius 2 is 1.77 bits per heavy atom. The van der Waals surface area contributed by atoms with Gasteiger partial charge in [-0.25, -0.2) is 4.68 Å². The molecule has 0 unspecified atom stereocenters. The number of hydrogen-bond acceptors (Lipinski definition) is 5. The Bertz CT molecular complexity index is 1510. The largest absolute Gasteiger partial charge is 0.497 e. The first-order chi connectivity index (χ1) is 19.4. The van der Waals surface area contributed by atoms with Crippen LogP contribution in [0.4, 0.5) is 5.82 Å². The fraction of sp³-hybridized carbons (Fsp3) is 0.258. The van der Waals surface area contributed by atoms with E-state index in [1.807, 2.05) is 92.7 Å². The van der Waals surface area contributed by atoms with Crippen molar-refractivity contribution in [3.63, 3.8) is 0 Å². The number of carbonyl (C=O) groups excluding carboxylic acids is 2. The Labute approximate surface area is 243 Å². The number of amides is 2. The molecule has 0 fully saturated rings. The van der Waals surface area contributed by atoms with Crippen LogP contribution in [0.15, 0.2) is 78.9 Å². The summed E-state index contributed by atoms with van der Waals surface area (Å²) < 4.78 is 7.14. The van der Waals surface area contributed by atoms with Crippen LogP contribution in [-0.4, -0.2) is 47.5 Å². The smallest absolute Gasteiger partial charge is 0.240 e. The minimum absolute atomic E-state index is 0.121. The lowest BCUT2D eigenvalue weighted by Gasteiger charge is -2.23. The summed E-state index contributed by atoms with van der Waals surface area (Å²) in [5.41, 5.74) is 4.10. The zero-order valence-corrected chi connectivity index (χ0v) is 24.2. The fourth-order valence-corrected chi connectivity index (χ4v) is 6.23. The summed E-state index contributed by atoms with van der Waals surface area (Å²) in [4.78, 5) is 28.5. The van der Waals surface area contributed by atoms with Crippen LogP contribution >= 0.6 is 23.4 Å². The van der Waals surface area contributed by atoms with Crippen molar-refractivity contribution in [2.75, 3.05) is 30.9 Å². The molecule has 0 bridgehead atoms. The van der Waals surface area contributed by atoms with Gasteiger partial charge in [0.1, 0.15) is 18.1 Å². The van der Waals surface area contributed by atoms with E-state index >= 15 is 0 Å². The molecule has 4 aromatic rings. The maximum Gasteiger partial charge on any atom is 0.240 e. The van der Waals surface area contributed by atoms with E-state index in [0.717, 1.165) is 28.1 Å². The summed E-state index contributed by atoms with van der Waals surface area (Å²) in [6.45, 7) is 4.47. The Kier molecular flexibility index (Phi) is 8.47. The standard InChI is InChI=1S/C31H31ClN4O3S/c1-20(2)17-33-26(37)18-35-27(38)19-40-30(24-11-7-8-12-25(24)32)28-29(21-9-5-4-6-10-21)34-36(31(28)35)22-13-15-23(39-3)16-14-22/h4-16,20,30H,17-19H2,1-3H3,(H,33,37)/t30-/m0/s1. The molecule has 40 heavy (non-hydrogen) atoms. The van der Waals surface area contributed by atoms with E-state index in [9.17, 15) is 9.59 Å². The predicted octanol–water partition coefficient (Wildman–Crippen LogP) is 6.14. The highest BCUT2D eigenvalue weighted by Gasteiger charge is 2.38. The second-order valence-corrected chi connectivity index (χ2v) is 11.5. The molecule has 7 nitrogen and oxygen atoms in total. The summed E-state index contributed by atoms with van der Waals surface area (Å²) >= 11 is 8.24. The Hall–Kier alpha value is -3.75. The van der Waals surface area contributed by atoms with Crippen LogP contribution in [0.2, 0.25) is 5.02 Å². The maximum atomic E-state index is 13.8. The third-order valence-corrected chi connectivity index (χ3v) is 8.23. The number of methoxy groups -OCH3 is 1. The van der Waals surface area contributed by atoms with Gasteiger partial charge in [0.05, 0.1) is 29.5 Å². The second-order valence-electron chi connectivity index (χ2n) is 9.95. The molecular formula is C31H31ClN4O3S. The van der Waals surface area contributed by atoms with E-state index in [1.54, 1.807) is 16.7 Å². The molecule has 0 saturated carbocycles. The normalized spacial score (nSPS) is 15.1. The van der Waals surface area contributed by atoms with Crippen LogP contribution in [0, 0.1) is 5.92 Å². The third kappa shape index (κ3) is 5.74. The van der Waals surface area contributed by atoms with E-state index in [0.29, 0.717) is 23.1 Å². The van der Waals surface area contributed by atoms with Gasteiger partial charge in [-0.2, -0.15) is 5.10 Å². The molecule has 206 valence electrons. The van der Waals surface area contributed by atoms with Gasteiger partial charge in [-0.15, -0.1) is 11.8 Å². The molecule has 1 N–H and O–H groups in total. The number of halogens is 1. The molecule has 1 aromatic heterocycles. The number of nitrogens with one attached hydrogen (secondary N) is 1. The van der Waals surface area contributed by atoms with E-state index < -0.39 is 0 Å². The monoisotopic (exact) mass is 574 g/mol.